The van der Waals surface area contributed by atoms with Gasteiger partial charge in [0.15, 0.2) is 0 Å². The minimum atomic E-state index is -2.41. The molecule has 0 aliphatic carbocycles. The van der Waals surface area contributed by atoms with Crippen LogP contribution < -0.4 is 11.2 Å². The van der Waals surface area contributed by atoms with Crippen LogP contribution in [-0.4, -0.2) is 40.9 Å². The number of hydrazine groups is 1. The van der Waals surface area contributed by atoms with Gasteiger partial charge in [-0.3, -0.25) is 24.6 Å². The smallest absolute Gasteiger partial charge is 0.306 e. The zero-order valence-corrected chi connectivity index (χ0v) is 17.7. The molecule has 166 valence electrons. The lowest BCUT2D eigenvalue weighted by Gasteiger charge is -2.26. The zero-order chi connectivity index (χ0) is 22.7. The molecule has 0 bridgehead atoms. The van der Waals surface area contributed by atoms with Gasteiger partial charge in [0.1, 0.15) is 6.61 Å². The third-order valence-electron chi connectivity index (χ3n) is 4.06. The molecule has 0 fully saturated rings. The molecule has 0 saturated carbocycles. The predicted octanol–water partition coefficient (Wildman–Crippen LogP) is 2.05. The molecule has 0 aromatic heterocycles. The Hall–Kier alpha value is -2.68. The number of benzene rings is 1. The molecule has 30 heavy (non-hydrogen) atoms. The van der Waals surface area contributed by atoms with Crippen molar-refractivity contribution in [3.05, 3.63) is 35.9 Å². The van der Waals surface area contributed by atoms with Crippen molar-refractivity contribution in [3.63, 3.8) is 0 Å². The fraction of sp³-hybridized carbons (Fsp3) is 0.500. The number of hydrogen-bond donors (Lipinski definition) is 2. The minimum absolute atomic E-state index is 0.0550. The standard InChI is InChI=1S/C20H27ClFN3O5/c1-13(2)10-15(11-17(27)30-12-14-6-4-3-5-7-14)19(28)24-25(9-8-16(23)26)20(29)18(21)22/h3-7,13,15,18H,8-12H2,1-2H3,(H2,23,26)(H,24,28)/t15-,18?/m1/s1. The van der Waals surface area contributed by atoms with Gasteiger partial charge in [0.2, 0.25) is 11.8 Å². The Morgan fingerprint density at radius 2 is 1.83 bits per heavy atom. The third kappa shape index (κ3) is 9.69. The molecule has 1 aromatic rings. The van der Waals surface area contributed by atoms with Crippen LogP contribution in [0.15, 0.2) is 30.3 Å². The summed E-state index contributed by atoms with van der Waals surface area (Å²) < 4.78 is 18.5. The Balaban J connectivity index is 2.78. The normalized spacial score (nSPS) is 12.7. The Morgan fingerprint density at radius 1 is 1.20 bits per heavy atom. The van der Waals surface area contributed by atoms with Gasteiger partial charge in [0, 0.05) is 6.42 Å². The van der Waals surface area contributed by atoms with E-state index in [-0.39, 0.29) is 31.9 Å². The maximum absolute atomic E-state index is 13.2. The molecular formula is C20H27ClFN3O5. The third-order valence-corrected chi connectivity index (χ3v) is 4.25. The number of rotatable bonds is 11. The van der Waals surface area contributed by atoms with E-state index < -0.39 is 35.2 Å². The number of carbonyl (C=O) groups is 4. The predicted molar refractivity (Wildman–Crippen MR) is 108 cm³/mol. The molecule has 2 atom stereocenters. The number of nitrogens with zero attached hydrogens (tertiary/aromatic N) is 1. The van der Waals surface area contributed by atoms with E-state index in [4.69, 9.17) is 22.1 Å². The number of esters is 1. The van der Waals surface area contributed by atoms with E-state index in [9.17, 15) is 23.6 Å². The van der Waals surface area contributed by atoms with Crippen molar-refractivity contribution < 1.29 is 28.3 Å². The molecule has 0 aliphatic rings. The number of hydrogen-bond acceptors (Lipinski definition) is 5. The van der Waals surface area contributed by atoms with Gasteiger partial charge in [-0.15, -0.1) is 0 Å². The Morgan fingerprint density at radius 3 is 2.37 bits per heavy atom. The van der Waals surface area contributed by atoms with Gasteiger partial charge in [-0.1, -0.05) is 55.8 Å². The van der Waals surface area contributed by atoms with E-state index in [1.807, 2.05) is 32.0 Å². The van der Waals surface area contributed by atoms with Crippen molar-refractivity contribution in [1.82, 2.24) is 10.4 Å². The van der Waals surface area contributed by atoms with Gasteiger partial charge in [-0.05, 0) is 17.9 Å². The summed E-state index contributed by atoms with van der Waals surface area (Å²) in [7, 11) is 0. The molecule has 1 rings (SSSR count). The second-order valence-electron chi connectivity index (χ2n) is 7.16. The molecule has 0 aliphatic heterocycles. The first-order valence-electron chi connectivity index (χ1n) is 9.48. The molecule has 0 spiro atoms. The van der Waals surface area contributed by atoms with Gasteiger partial charge in [-0.2, -0.15) is 0 Å². The molecule has 0 heterocycles. The maximum Gasteiger partial charge on any atom is 0.306 e. The molecule has 3 N–H and O–H groups in total. The number of nitrogens with one attached hydrogen (secondary N) is 1. The van der Waals surface area contributed by atoms with Crippen LogP contribution in [0, 0.1) is 11.8 Å². The van der Waals surface area contributed by atoms with Crippen molar-refractivity contribution >= 4 is 35.3 Å². The lowest BCUT2D eigenvalue weighted by molar-refractivity contribution is -0.150. The van der Waals surface area contributed by atoms with Crippen molar-refractivity contribution in [3.8, 4) is 0 Å². The number of primary amides is 1. The van der Waals surface area contributed by atoms with Crippen LogP contribution >= 0.6 is 11.6 Å². The molecule has 0 radical (unpaired) electrons. The summed E-state index contributed by atoms with van der Waals surface area (Å²) in [6.45, 7) is 3.44. The summed E-state index contributed by atoms with van der Waals surface area (Å²) in [6, 6.07) is 9.05. The lowest BCUT2D eigenvalue weighted by atomic mass is 9.93. The molecule has 3 amide bonds. The summed E-state index contributed by atoms with van der Waals surface area (Å²) in [6.07, 6.45) is -0.206. The summed E-state index contributed by atoms with van der Waals surface area (Å²) in [4.78, 5) is 47.8. The summed E-state index contributed by atoms with van der Waals surface area (Å²) in [5, 5.41) is 0.605. The SMILES string of the molecule is CC(C)C[C@H](CC(=O)OCc1ccccc1)C(=O)NN(CCC(N)=O)C(=O)C(F)Cl. The number of halogens is 2. The molecule has 1 aromatic carbocycles. The fourth-order valence-corrected chi connectivity index (χ4v) is 2.75. The van der Waals surface area contributed by atoms with Gasteiger partial charge >= 0.3 is 5.97 Å². The Kier molecular flexibility index (Phi) is 10.8. The molecule has 1 unspecified atom stereocenters. The van der Waals surface area contributed by atoms with E-state index in [1.54, 1.807) is 12.1 Å². The summed E-state index contributed by atoms with van der Waals surface area (Å²) in [5.74, 6) is -4.02. The quantitative estimate of drug-likeness (QED) is 0.308. The first kappa shape index (κ1) is 25.4. The number of carbonyl (C=O) groups excluding carboxylic acids is 4. The van der Waals surface area contributed by atoms with Crippen molar-refractivity contribution in [2.24, 2.45) is 17.6 Å². The summed E-state index contributed by atoms with van der Waals surface area (Å²) >= 11 is 5.17. The Labute approximate surface area is 179 Å². The van der Waals surface area contributed by atoms with E-state index >= 15 is 0 Å². The highest BCUT2D eigenvalue weighted by Crippen LogP contribution is 2.18. The highest BCUT2D eigenvalue weighted by atomic mass is 35.5. The monoisotopic (exact) mass is 443 g/mol. The van der Waals surface area contributed by atoms with Gasteiger partial charge in [0.25, 0.3) is 11.5 Å². The lowest BCUT2D eigenvalue weighted by Crippen LogP contribution is -2.51. The molecule has 8 nitrogen and oxygen atoms in total. The van der Waals surface area contributed by atoms with Gasteiger partial charge in [-0.25, -0.2) is 9.40 Å². The van der Waals surface area contributed by atoms with Crippen LogP contribution in [-0.2, 0) is 30.5 Å². The molecule has 10 heteroatoms. The van der Waals surface area contributed by atoms with E-state index in [2.05, 4.69) is 5.43 Å². The molecular weight excluding hydrogens is 417 g/mol. The van der Waals surface area contributed by atoms with Crippen LogP contribution in [0.1, 0.15) is 38.7 Å². The highest BCUT2D eigenvalue weighted by Gasteiger charge is 2.29. The first-order valence-corrected chi connectivity index (χ1v) is 9.91. The van der Waals surface area contributed by atoms with Crippen molar-refractivity contribution in [1.29, 1.82) is 0 Å². The zero-order valence-electron chi connectivity index (χ0n) is 17.0. The van der Waals surface area contributed by atoms with Crippen molar-refractivity contribution in [2.45, 2.75) is 45.3 Å². The second-order valence-corrected chi connectivity index (χ2v) is 7.54. The van der Waals surface area contributed by atoms with Gasteiger partial charge in [0.05, 0.1) is 18.9 Å². The molecule has 0 saturated heterocycles. The minimum Gasteiger partial charge on any atom is -0.461 e. The largest absolute Gasteiger partial charge is 0.461 e. The van der Waals surface area contributed by atoms with E-state index in [0.29, 0.717) is 11.4 Å². The van der Waals surface area contributed by atoms with Crippen molar-refractivity contribution in [2.75, 3.05) is 6.54 Å². The van der Waals surface area contributed by atoms with Gasteiger partial charge < -0.3 is 10.5 Å². The maximum atomic E-state index is 13.2. The number of ether oxygens (including phenoxy) is 1. The Bertz CT molecular complexity index is 730. The number of nitrogens with two attached hydrogens (primary N) is 1. The first-order chi connectivity index (χ1) is 14.1. The highest BCUT2D eigenvalue weighted by molar-refractivity contribution is 6.29. The summed E-state index contributed by atoms with van der Waals surface area (Å²) in [5.41, 5.74) is 5.68. The van der Waals surface area contributed by atoms with Crippen LogP contribution in [0.4, 0.5) is 4.39 Å². The van der Waals surface area contributed by atoms with Crippen LogP contribution in [0.3, 0.4) is 0 Å². The second kappa shape index (κ2) is 12.8. The average Bonchev–Trinajstić information content (AvgIpc) is 2.68. The van der Waals surface area contributed by atoms with E-state index in [0.717, 1.165) is 5.56 Å². The fourth-order valence-electron chi connectivity index (χ4n) is 2.64. The topological polar surface area (TPSA) is 119 Å². The van der Waals surface area contributed by atoms with Crippen LogP contribution in [0.5, 0.6) is 0 Å². The van der Waals surface area contributed by atoms with Crippen LogP contribution in [0.2, 0.25) is 0 Å². The average molecular weight is 444 g/mol. The van der Waals surface area contributed by atoms with E-state index in [1.165, 1.54) is 0 Å². The number of alkyl halides is 2. The van der Waals surface area contributed by atoms with Crippen LogP contribution in [0.25, 0.3) is 0 Å². The number of amides is 3.